The van der Waals surface area contributed by atoms with Gasteiger partial charge in [0, 0.05) is 30.2 Å². The summed E-state index contributed by atoms with van der Waals surface area (Å²) in [6.45, 7) is 5.03. The first-order valence-electron chi connectivity index (χ1n) is 8.61. The molecule has 0 amide bonds. The molecule has 0 spiro atoms. The Morgan fingerprint density at radius 3 is 3.04 bits per heavy atom. The monoisotopic (exact) mass is 329 g/mol. The summed E-state index contributed by atoms with van der Waals surface area (Å²) in [6.07, 6.45) is 2.75. The number of fused-ring (bicyclic) bond motifs is 4. The minimum absolute atomic E-state index is 0.00167. The normalized spacial score (nSPS) is 31.1. The second-order valence-corrected chi connectivity index (χ2v) is 7.02. The summed E-state index contributed by atoms with van der Waals surface area (Å²) < 4.78 is 17.2. The van der Waals surface area contributed by atoms with Crippen LogP contribution in [0.5, 0.6) is 5.75 Å². The van der Waals surface area contributed by atoms with Crippen molar-refractivity contribution in [2.24, 2.45) is 0 Å². The maximum atomic E-state index is 12.8. The van der Waals surface area contributed by atoms with E-state index < -0.39 is 5.72 Å². The van der Waals surface area contributed by atoms with Gasteiger partial charge in [0.15, 0.2) is 5.72 Å². The summed E-state index contributed by atoms with van der Waals surface area (Å²) in [5, 5.41) is 3.35. The highest BCUT2D eigenvalue weighted by Gasteiger charge is 2.45. The Morgan fingerprint density at radius 1 is 1.42 bits per heavy atom. The van der Waals surface area contributed by atoms with Gasteiger partial charge in [-0.15, -0.1) is 0 Å². The van der Waals surface area contributed by atoms with Crippen molar-refractivity contribution in [1.82, 2.24) is 5.32 Å². The van der Waals surface area contributed by atoms with Crippen molar-refractivity contribution < 1.29 is 19.0 Å². The smallest absolute Gasteiger partial charge is 0.336 e. The van der Waals surface area contributed by atoms with Crippen molar-refractivity contribution in [2.45, 2.75) is 50.9 Å². The lowest BCUT2D eigenvalue weighted by atomic mass is 9.78. The summed E-state index contributed by atoms with van der Waals surface area (Å²) >= 11 is 0. The van der Waals surface area contributed by atoms with Crippen LogP contribution in [0.4, 0.5) is 0 Å². The number of hydrogen-bond donors (Lipinski definition) is 1. The highest BCUT2D eigenvalue weighted by Crippen LogP contribution is 2.47. The molecule has 128 valence electrons. The first kappa shape index (κ1) is 15.5. The molecule has 0 unspecified atom stereocenters. The zero-order valence-electron chi connectivity index (χ0n) is 14.1. The molecule has 3 aliphatic rings. The van der Waals surface area contributed by atoms with E-state index in [9.17, 15) is 4.79 Å². The summed E-state index contributed by atoms with van der Waals surface area (Å²) in [7, 11) is 0. The predicted molar refractivity (Wildman–Crippen MR) is 88.6 cm³/mol. The van der Waals surface area contributed by atoms with Gasteiger partial charge >= 0.3 is 5.97 Å². The minimum atomic E-state index is -0.485. The van der Waals surface area contributed by atoms with Crippen LogP contribution in [0.25, 0.3) is 0 Å². The summed E-state index contributed by atoms with van der Waals surface area (Å²) in [6, 6.07) is 7.93. The molecule has 1 fully saturated rings. The van der Waals surface area contributed by atoms with Gasteiger partial charge in [-0.05, 0) is 32.8 Å². The van der Waals surface area contributed by atoms with Crippen LogP contribution >= 0.6 is 0 Å². The van der Waals surface area contributed by atoms with E-state index in [0.717, 1.165) is 36.5 Å². The van der Waals surface area contributed by atoms with E-state index in [-0.39, 0.29) is 18.0 Å². The van der Waals surface area contributed by atoms with Gasteiger partial charge in [-0.25, -0.2) is 4.79 Å². The molecular formula is C19H23NO4. The van der Waals surface area contributed by atoms with E-state index >= 15 is 0 Å². The third kappa shape index (κ3) is 2.67. The van der Waals surface area contributed by atoms with Gasteiger partial charge in [0.05, 0.1) is 11.7 Å². The molecule has 1 aromatic rings. The fourth-order valence-corrected chi connectivity index (χ4v) is 4.02. The molecular weight excluding hydrogens is 306 g/mol. The van der Waals surface area contributed by atoms with Crippen LogP contribution < -0.4 is 10.1 Å². The van der Waals surface area contributed by atoms with Crippen LogP contribution in [-0.2, 0) is 14.3 Å². The second-order valence-electron chi connectivity index (χ2n) is 7.02. The van der Waals surface area contributed by atoms with Crippen LogP contribution in [0.3, 0.4) is 0 Å². The SMILES string of the molecule is CC1=C(C(=O)OC[C@H]2CCCO2)[C@@H]2C[C@@](C)(N1)Oc1ccccc12. The maximum Gasteiger partial charge on any atom is 0.336 e. The van der Waals surface area contributed by atoms with E-state index in [1.54, 1.807) is 0 Å². The Kier molecular flexibility index (Phi) is 3.76. The molecule has 5 heteroatoms. The Labute approximate surface area is 142 Å². The number of carbonyl (C=O) groups is 1. The number of rotatable bonds is 3. The van der Waals surface area contributed by atoms with Crippen molar-refractivity contribution in [3.63, 3.8) is 0 Å². The largest absolute Gasteiger partial charge is 0.468 e. The van der Waals surface area contributed by atoms with Crippen molar-refractivity contribution in [3.05, 3.63) is 41.1 Å². The van der Waals surface area contributed by atoms with E-state index in [1.807, 2.05) is 38.1 Å². The van der Waals surface area contributed by atoms with Crippen LogP contribution in [-0.4, -0.2) is 31.0 Å². The summed E-state index contributed by atoms with van der Waals surface area (Å²) in [5.41, 5.74) is 2.11. The Morgan fingerprint density at radius 2 is 2.25 bits per heavy atom. The van der Waals surface area contributed by atoms with Gasteiger partial charge in [-0.1, -0.05) is 18.2 Å². The molecule has 3 aliphatic heterocycles. The Bertz CT molecular complexity index is 692. The molecule has 24 heavy (non-hydrogen) atoms. The fraction of sp³-hybridized carbons (Fsp3) is 0.526. The van der Waals surface area contributed by atoms with Crippen LogP contribution in [0.2, 0.25) is 0 Å². The van der Waals surface area contributed by atoms with E-state index in [4.69, 9.17) is 14.2 Å². The van der Waals surface area contributed by atoms with Gasteiger partial charge in [0.25, 0.3) is 0 Å². The van der Waals surface area contributed by atoms with Gasteiger partial charge in [0.2, 0.25) is 0 Å². The molecule has 0 aromatic heterocycles. The van der Waals surface area contributed by atoms with Gasteiger partial charge in [-0.2, -0.15) is 0 Å². The van der Waals surface area contributed by atoms with Gasteiger partial charge in [0.1, 0.15) is 12.4 Å². The van der Waals surface area contributed by atoms with Crippen LogP contribution in [0.1, 0.15) is 44.6 Å². The number of hydrogen-bond acceptors (Lipinski definition) is 5. The third-order valence-corrected chi connectivity index (χ3v) is 5.07. The highest BCUT2D eigenvalue weighted by molar-refractivity contribution is 5.91. The highest BCUT2D eigenvalue weighted by atomic mass is 16.6. The predicted octanol–water partition coefficient (Wildman–Crippen LogP) is 2.87. The molecule has 1 aromatic carbocycles. The number of allylic oxidation sites excluding steroid dienone is 1. The summed E-state index contributed by atoms with van der Waals surface area (Å²) in [5.74, 6) is 0.582. The van der Waals surface area contributed by atoms with Crippen LogP contribution in [0.15, 0.2) is 35.5 Å². The number of para-hydroxylation sites is 1. The standard InChI is InChI=1S/C19H23NO4/c1-12-17(18(21)23-11-13-6-5-9-22-13)15-10-19(2,20-12)24-16-8-4-3-7-14(15)16/h3-4,7-8,13,15,20H,5-6,9-11H2,1-2H3/t13-,15-,19+/m1/s1. The van der Waals surface area contributed by atoms with Gasteiger partial charge in [-0.3, -0.25) is 0 Å². The Balaban J connectivity index is 1.60. The third-order valence-electron chi connectivity index (χ3n) is 5.07. The lowest BCUT2D eigenvalue weighted by Crippen LogP contribution is -2.54. The molecule has 4 rings (SSSR count). The van der Waals surface area contributed by atoms with Crippen molar-refractivity contribution in [1.29, 1.82) is 0 Å². The first-order chi connectivity index (χ1) is 11.6. The molecule has 1 saturated heterocycles. The molecule has 5 nitrogen and oxygen atoms in total. The average molecular weight is 329 g/mol. The van der Waals surface area contributed by atoms with E-state index in [0.29, 0.717) is 18.6 Å². The zero-order valence-corrected chi connectivity index (χ0v) is 14.1. The molecule has 2 bridgehead atoms. The van der Waals surface area contributed by atoms with Crippen molar-refractivity contribution in [2.75, 3.05) is 13.2 Å². The zero-order chi connectivity index (χ0) is 16.7. The lowest BCUT2D eigenvalue weighted by molar-refractivity contribution is -0.143. The number of benzene rings is 1. The summed E-state index contributed by atoms with van der Waals surface area (Å²) in [4.78, 5) is 12.8. The average Bonchev–Trinajstić information content (AvgIpc) is 3.05. The topological polar surface area (TPSA) is 56.8 Å². The number of ether oxygens (including phenoxy) is 3. The molecule has 1 N–H and O–H groups in total. The molecule has 0 radical (unpaired) electrons. The Hall–Kier alpha value is -2.01. The lowest BCUT2D eigenvalue weighted by Gasteiger charge is -2.45. The number of esters is 1. The second kappa shape index (κ2) is 5.81. The van der Waals surface area contributed by atoms with E-state index in [2.05, 4.69) is 5.32 Å². The first-order valence-corrected chi connectivity index (χ1v) is 8.61. The maximum absolute atomic E-state index is 12.8. The van der Waals surface area contributed by atoms with Crippen molar-refractivity contribution in [3.8, 4) is 5.75 Å². The minimum Gasteiger partial charge on any atom is -0.468 e. The van der Waals surface area contributed by atoms with Crippen molar-refractivity contribution >= 4 is 5.97 Å². The van der Waals surface area contributed by atoms with Crippen LogP contribution in [0, 0.1) is 0 Å². The molecule has 3 atom stereocenters. The van der Waals surface area contributed by atoms with Gasteiger partial charge < -0.3 is 19.5 Å². The quantitative estimate of drug-likeness (QED) is 0.864. The molecule has 0 aliphatic carbocycles. The molecule has 3 heterocycles. The fourth-order valence-electron chi connectivity index (χ4n) is 4.02. The number of carbonyl (C=O) groups excluding carboxylic acids is 1. The molecule has 0 saturated carbocycles. The van der Waals surface area contributed by atoms with E-state index in [1.165, 1.54) is 0 Å². The number of nitrogens with one attached hydrogen (secondary N) is 1.